The van der Waals surface area contributed by atoms with E-state index in [1.807, 2.05) is 26.0 Å². The second-order valence-electron chi connectivity index (χ2n) is 5.40. The Labute approximate surface area is 150 Å². The fourth-order valence-corrected chi connectivity index (χ4v) is 3.71. The van der Waals surface area contributed by atoms with Crippen LogP contribution in [0.3, 0.4) is 0 Å². The van der Waals surface area contributed by atoms with Crippen molar-refractivity contribution in [2.75, 3.05) is 18.9 Å². The van der Waals surface area contributed by atoms with Gasteiger partial charge in [0.1, 0.15) is 4.90 Å². The molecule has 0 radical (unpaired) electrons. The number of halogens is 1. The van der Waals surface area contributed by atoms with E-state index < -0.39 is 15.9 Å². The third-order valence-electron chi connectivity index (χ3n) is 3.63. The molecule has 24 heavy (non-hydrogen) atoms. The first-order valence-electron chi connectivity index (χ1n) is 7.15. The van der Waals surface area contributed by atoms with Crippen LogP contribution in [0.2, 0.25) is 0 Å². The van der Waals surface area contributed by atoms with Crippen LogP contribution in [-0.2, 0) is 14.8 Å². The fourth-order valence-electron chi connectivity index (χ4n) is 2.08. The number of nitrogens with one attached hydrogen (secondary N) is 1. The summed E-state index contributed by atoms with van der Waals surface area (Å²) < 4.78 is 26.5. The van der Waals surface area contributed by atoms with E-state index in [2.05, 4.69) is 26.2 Å². The number of hydrogen-bond donors (Lipinski definition) is 1. The number of anilines is 1. The summed E-state index contributed by atoms with van der Waals surface area (Å²) in [6.45, 7) is 3.56. The van der Waals surface area contributed by atoms with Crippen LogP contribution in [0.25, 0.3) is 0 Å². The second kappa shape index (κ2) is 7.42. The van der Waals surface area contributed by atoms with E-state index in [0.717, 1.165) is 15.4 Å². The highest BCUT2D eigenvalue weighted by atomic mass is 79.9. The number of carbonyl (C=O) groups is 1. The molecule has 2 aromatic rings. The molecule has 8 heteroatoms. The molecule has 0 saturated carbocycles. The summed E-state index contributed by atoms with van der Waals surface area (Å²) in [6, 6.07) is 7.02. The standard InChI is InChI=1S/C16H18BrN3O3S/c1-11-5-4-6-15(12(11)2)19-16(21)10-20(3)24(22,23)14-7-13(17)8-18-9-14/h4-9H,10H2,1-3H3,(H,19,21). The Bertz CT molecular complexity index is 869. The molecule has 0 aliphatic rings. The molecular weight excluding hydrogens is 394 g/mol. The lowest BCUT2D eigenvalue weighted by Crippen LogP contribution is -2.35. The van der Waals surface area contributed by atoms with E-state index in [1.165, 1.54) is 25.5 Å². The molecule has 1 heterocycles. The molecular formula is C16H18BrN3O3S. The van der Waals surface area contributed by atoms with Gasteiger partial charge in [0.15, 0.2) is 0 Å². The smallest absolute Gasteiger partial charge is 0.244 e. The maximum absolute atomic E-state index is 12.5. The Kier molecular flexibility index (Phi) is 5.74. The van der Waals surface area contributed by atoms with Crippen molar-refractivity contribution in [2.45, 2.75) is 18.7 Å². The highest BCUT2D eigenvalue weighted by molar-refractivity contribution is 9.10. The van der Waals surface area contributed by atoms with Crippen molar-refractivity contribution in [2.24, 2.45) is 0 Å². The van der Waals surface area contributed by atoms with Gasteiger partial charge in [-0.2, -0.15) is 4.31 Å². The maximum atomic E-state index is 12.5. The third kappa shape index (κ3) is 4.19. The fraction of sp³-hybridized carbons (Fsp3) is 0.250. The molecule has 0 fully saturated rings. The molecule has 1 aromatic carbocycles. The number of rotatable bonds is 5. The molecule has 0 aliphatic carbocycles. The van der Waals surface area contributed by atoms with Gasteiger partial charge in [-0.15, -0.1) is 0 Å². The van der Waals surface area contributed by atoms with Crippen molar-refractivity contribution in [1.82, 2.24) is 9.29 Å². The third-order valence-corrected chi connectivity index (χ3v) is 5.84. The Hall–Kier alpha value is -1.77. The van der Waals surface area contributed by atoms with Crippen molar-refractivity contribution >= 4 is 37.5 Å². The van der Waals surface area contributed by atoms with Gasteiger partial charge in [0.05, 0.1) is 6.54 Å². The van der Waals surface area contributed by atoms with E-state index in [-0.39, 0.29) is 11.4 Å². The van der Waals surface area contributed by atoms with Crippen LogP contribution in [0.4, 0.5) is 5.69 Å². The maximum Gasteiger partial charge on any atom is 0.244 e. The highest BCUT2D eigenvalue weighted by Crippen LogP contribution is 2.19. The first-order valence-corrected chi connectivity index (χ1v) is 9.38. The predicted octanol–water partition coefficient (Wildman–Crippen LogP) is 2.72. The lowest BCUT2D eigenvalue weighted by Gasteiger charge is -2.17. The summed E-state index contributed by atoms with van der Waals surface area (Å²) >= 11 is 3.19. The van der Waals surface area contributed by atoms with E-state index >= 15 is 0 Å². The summed E-state index contributed by atoms with van der Waals surface area (Å²) in [5.41, 5.74) is 2.68. The van der Waals surface area contributed by atoms with Crippen LogP contribution < -0.4 is 5.32 Å². The number of sulfonamides is 1. The monoisotopic (exact) mass is 411 g/mol. The number of aryl methyl sites for hydroxylation is 1. The van der Waals surface area contributed by atoms with Gasteiger partial charge in [-0.05, 0) is 53.0 Å². The second-order valence-corrected chi connectivity index (χ2v) is 8.36. The topological polar surface area (TPSA) is 79.4 Å². The van der Waals surface area contributed by atoms with Crippen LogP contribution in [-0.4, -0.2) is 37.2 Å². The van der Waals surface area contributed by atoms with Gasteiger partial charge in [0.2, 0.25) is 15.9 Å². The zero-order valence-corrected chi connectivity index (χ0v) is 16.0. The number of amides is 1. The molecule has 0 aliphatic heterocycles. The molecule has 0 spiro atoms. The van der Waals surface area contributed by atoms with Crippen LogP contribution >= 0.6 is 15.9 Å². The van der Waals surface area contributed by atoms with Crippen molar-refractivity contribution in [3.05, 3.63) is 52.3 Å². The van der Waals surface area contributed by atoms with Crippen molar-refractivity contribution in [3.63, 3.8) is 0 Å². The summed E-state index contributed by atoms with van der Waals surface area (Å²) in [5.74, 6) is -0.405. The Morgan fingerprint density at radius 1 is 1.29 bits per heavy atom. The summed E-state index contributed by atoms with van der Waals surface area (Å²) in [7, 11) is -2.43. The number of likely N-dealkylation sites (N-methyl/N-ethyl adjacent to an activating group) is 1. The van der Waals surface area contributed by atoms with Gasteiger partial charge in [-0.3, -0.25) is 9.78 Å². The minimum Gasteiger partial charge on any atom is -0.325 e. The van der Waals surface area contributed by atoms with Crippen LogP contribution in [0.1, 0.15) is 11.1 Å². The Morgan fingerprint density at radius 2 is 2.00 bits per heavy atom. The van der Waals surface area contributed by atoms with Crippen LogP contribution in [0.15, 0.2) is 46.0 Å². The van der Waals surface area contributed by atoms with Gasteiger partial charge in [0.25, 0.3) is 0 Å². The predicted molar refractivity (Wildman–Crippen MR) is 96.3 cm³/mol. The lowest BCUT2D eigenvalue weighted by atomic mass is 10.1. The van der Waals surface area contributed by atoms with Gasteiger partial charge >= 0.3 is 0 Å². The van der Waals surface area contributed by atoms with Gasteiger partial charge < -0.3 is 5.32 Å². The largest absolute Gasteiger partial charge is 0.325 e. The van der Waals surface area contributed by atoms with Crippen molar-refractivity contribution in [1.29, 1.82) is 0 Å². The molecule has 1 amide bonds. The summed E-state index contributed by atoms with van der Waals surface area (Å²) in [6.07, 6.45) is 2.74. The Balaban J connectivity index is 2.12. The number of nitrogens with zero attached hydrogens (tertiary/aromatic N) is 2. The van der Waals surface area contributed by atoms with E-state index in [9.17, 15) is 13.2 Å². The van der Waals surface area contributed by atoms with Gasteiger partial charge in [-0.25, -0.2) is 8.42 Å². The molecule has 128 valence electrons. The van der Waals surface area contributed by atoms with E-state index in [0.29, 0.717) is 10.2 Å². The average molecular weight is 412 g/mol. The van der Waals surface area contributed by atoms with Crippen LogP contribution in [0, 0.1) is 13.8 Å². The lowest BCUT2D eigenvalue weighted by molar-refractivity contribution is -0.116. The Morgan fingerprint density at radius 3 is 2.67 bits per heavy atom. The van der Waals surface area contributed by atoms with Crippen molar-refractivity contribution in [3.8, 4) is 0 Å². The molecule has 6 nitrogen and oxygen atoms in total. The molecule has 0 bridgehead atoms. The van der Waals surface area contributed by atoms with E-state index in [4.69, 9.17) is 0 Å². The highest BCUT2D eigenvalue weighted by Gasteiger charge is 2.23. The normalized spacial score (nSPS) is 11.5. The average Bonchev–Trinajstić information content (AvgIpc) is 2.51. The zero-order chi connectivity index (χ0) is 17.9. The number of carbonyl (C=O) groups excluding carboxylic acids is 1. The number of pyridine rings is 1. The molecule has 1 N–H and O–H groups in total. The first-order chi connectivity index (χ1) is 11.2. The quantitative estimate of drug-likeness (QED) is 0.819. The first kappa shape index (κ1) is 18.6. The summed E-state index contributed by atoms with van der Waals surface area (Å²) in [5, 5.41) is 2.75. The molecule has 0 saturated heterocycles. The number of benzene rings is 1. The van der Waals surface area contributed by atoms with Gasteiger partial charge in [0, 0.05) is 29.6 Å². The molecule has 2 rings (SSSR count). The number of hydrogen-bond acceptors (Lipinski definition) is 4. The molecule has 0 unspecified atom stereocenters. The molecule has 0 atom stereocenters. The van der Waals surface area contributed by atoms with Crippen molar-refractivity contribution < 1.29 is 13.2 Å². The number of aromatic nitrogens is 1. The SMILES string of the molecule is Cc1cccc(NC(=O)CN(C)S(=O)(=O)c2cncc(Br)c2)c1C. The minimum absolute atomic E-state index is 0.0268. The minimum atomic E-state index is -3.79. The van der Waals surface area contributed by atoms with Gasteiger partial charge in [-0.1, -0.05) is 12.1 Å². The van der Waals surface area contributed by atoms with Crippen LogP contribution in [0.5, 0.6) is 0 Å². The molecule has 1 aromatic heterocycles. The zero-order valence-electron chi connectivity index (χ0n) is 13.6. The van der Waals surface area contributed by atoms with E-state index in [1.54, 1.807) is 6.07 Å². The summed E-state index contributed by atoms with van der Waals surface area (Å²) in [4.78, 5) is 16.1.